The molecule has 0 aromatic heterocycles. The number of hydrogen-bond donors (Lipinski definition) is 0. The Bertz CT molecular complexity index is 161. The number of nitrogens with zero attached hydrogens (tertiary/aromatic N) is 1. The molecule has 0 amide bonds. The van der Waals surface area contributed by atoms with Gasteiger partial charge in [-0.05, 0) is 13.2 Å². The Kier molecular flexibility index (Phi) is 6.36. The van der Waals surface area contributed by atoms with Crippen molar-refractivity contribution in [2.75, 3.05) is 19.4 Å². The highest BCUT2D eigenvalue weighted by molar-refractivity contribution is 8.16. The van der Waals surface area contributed by atoms with E-state index in [4.69, 9.17) is 11.6 Å². The van der Waals surface area contributed by atoms with Crippen molar-refractivity contribution in [3.63, 3.8) is 0 Å². The topological polar surface area (TPSA) is 38.7 Å². The Morgan fingerprint density at radius 3 is 2.82 bits per heavy atom. The van der Waals surface area contributed by atoms with E-state index in [0.717, 1.165) is 0 Å². The van der Waals surface area contributed by atoms with Crippen LogP contribution in [0.1, 0.15) is 6.92 Å². The Hall–Kier alpha value is -0.220. The van der Waals surface area contributed by atoms with Gasteiger partial charge in [-0.15, -0.1) is 0 Å². The van der Waals surface area contributed by atoms with Crippen molar-refractivity contribution in [1.82, 2.24) is 0 Å². The predicted octanol–water partition coefficient (Wildman–Crippen LogP) is 1.51. The molecule has 3 nitrogen and oxygen atoms in total. The van der Waals surface area contributed by atoms with Gasteiger partial charge in [-0.3, -0.25) is 9.79 Å². The third kappa shape index (κ3) is 6.19. The van der Waals surface area contributed by atoms with E-state index in [9.17, 15) is 4.79 Å². The summed E-state index contributed by atoms with van der Waals surface area (Å²) in [5.74, 6) is -0.347. The van der Waals surface area contributed by atoms with Crippen molar-refractivity contribution in [3.8, 4) is 0 Å². The van der Waals surface area contributed by atoms with E-state index in [0.29, 0.717) is 11.1 Å². The van der Waals surface area contributed by atoms with Crippen molar-refractivity contribution in [2.45, 2.75) is 6.92 Å². The summed E-state index contributed by atoms with van der Waals surface area (Å²) in [6, 6.07) is 0. The normalized spacial score (nSPS) is 11.4. The van der Waals surface area contributed by atoms with E-state index in [1.807, 2.05) is 0 Å². The predicted molar refractivity (Wildman–Crippen MR) is 48.3 cm³/mol. The number of hydrogen-bond acceptors (Lipinski definition) is 4. The molecule has 0 heterocycles. The zero-order valence-corrected chi connectivity index (χ0v) is 8.04. The molecule has 0 aliphatic heterocycles. The summed E-state index contributed by atoms with van der Waals surface area (Å²) in [5.41, 5.74) is 0. The van der Waals surface area contributed by atoms with Crippen LogP contribution in [0.5, 0.6) is 0 Å². The van der Waals surface area contributed by atoms with Gasteiger partial charge in [0, 0.05) is 0 Å². The fourth-order valence-corrected chi connectivity index (χ4v) is 0.651. The monoisotopic (exact) mass is 195 g/mol. The molecule has 0 radical (unpaired) electrons. The maximum atomic E-state index is 10.7. The van der Waals surface area contributed by atoms with Gasteiger partial charge in [0.25, 0.3) is 0 Å². The van der Waals surface area contributed by atoms with Crippen molar-refractivity contribution in [1.29, 1.82) is 0 Å². The fourth-order valence-electron chi connectivity index (χ4n) is 0.398. The molecule has 0 bridgehead atoms. The molecule has 0 N–H and O–H groups in total. The highest BCUT2D eigenvalue weighted by atomic mass is 35.5. The molecular weight excluding hydrogens is 186 g/mol. The minimum absolute atomic E-state index is 0.00745. The zero-order chi connectivity index (χ0) is 8.69. The van der Waals surface area contributed by atoms with Crippen LogP contribution in [-0.2, 0) is 9.53 Å². The molecule has 0 atom stereocenters. The number of aliphatic imine (C=N–C) groups is 1. The SMILES string of the molecule is CCOC(=O)CN=C(Cl)SC. The molecule has 0 aromatic carbocycles. The molecule has 11 heavy (non-hydrogen) atoms. The standard InChI is InChI=1S/C6H10ClNO2S/c1-3-10-5(9)4-8-6(7)11-2/h3-4H2,1-2H3. The number of thioether (sulfide) groups is 1. The van der Waals surface area contributed by atoms with Crippen LogP contribution in [0.2, 0.25) is 0 Å². The zero-order valence-electron chi connectivity index (χ0n) is 6.46. The summed E-state index contributed by atoms with van der Waals surface area (Å²) in [4.78, 5) is 14.4. The average Bonchev–Trinajstić information content (AvgIpc) is 2.01. The molecule has 0 aromatic rings. The minimum Gasteiger partial charge on any atom is -0.465 e. The lowest BCUT2D eigenvalue weighted by atomic mass is 10.7. The smallest absolute Gasteiger partial charge is 0.327 e. The van der Waals surface area contributed by atoms with Crippen molar-refractivity contribution in [2.24, 2.45) is 4.99 Å². The first kappa shape index (κ1) is 10.8. The number of carbonyl (C=O) groups excluding carboxylic acids is 1. The van der Waals surface area contributed by atoms with Gasteiger partial charge in [-0.25, -0.2) is 0 Å². The molecule has 0 aliphatic rings. The first-order valence-corrected chi connectivity index (χ1v) is 4.70. The summed E-state index contributed by atoms with van der Waals surface area (Å²) in [6.07, 6.45) is 1.79. The molecule has 64 valence electrons. The molecule has 0 saturated carbocycles. The third-order valence-electron chi connectivity index (χ3n) is 0.806. The highest BCUT2D eigenvalue weighted by Gasteiger charge is 1.98. The largest absolute Gasteiger partial charge is 0.465 e. The maximum Gasteiger partial charge on any atom is 0.327 e. The minimum atomic E-state index is -0.347. The van der Waals surface area contributed by atoms with E-state index in [1.54, 1.807) is 13.2 Å². The summed E-state index contributed by atoms with van der Waals surface area (Å²) in [6.45, 7) is 2.14. The van der Waals surface area contributed by atoms with E-state index in [2.05, 4.69) is 9.73 Å². The summed E-state index contributed by atoms with van der Waals surface area (Å²) < 4.78 is 5.00. The van der Waals surface area contributed by atoms with Crippen molar-refractivity contribution in [3.05, 3.63) is 0 Å². The van der Waals surface area contributed by atoms with Crippen LogP contribution in [0, 0.1) is 0 Å². The number of ether oxygens (including phenoxy) is 1. The summed E-state index contributed by atoms with van der Waals surface area (Å²) in [7, 11) is 0. The summed E-state index contributed by atoms with van der Waals surface area (Å²) >= 11 is 6.81. The molecule has 0 rings (SSSR count). The van der Waals surface area contributed by atoms with Gasteiger partial charge in [0.1, 0.15) is 6.54 Å². The first-order chi connectivity index (χ1) is 5.20. The van der Waals surface area contributed by atoms with Crippen LogP contribution in [0.4, 0.5) is 0 Å². The Morgan fingerprint density at radius 2 is 2.36 bits per heavy atom. The Balaban J connectivity index is 3.60. The number of esters is 1. The van der Waals surface area contributed by atoms with E-state index in [-0.39, 0.29) is 12.5 Å². The van der Waals surface area contributed by atoms with Gasteiger partial charge in [0.15, 0.2) is 4.50 Å². The quantitative estimate of drug-likeness (QED) is 0.389. The van der Waals surface area contributed by atoms with Crippen molar-refractivity contribution < 1.29 is 9.53 Å². The van der Waals surface area contributed by atoms with Gasteiger partial charge in [0.05, 0.1) is 6.61 Å². The Labute approximate surface area is 75.2 Å². The molecule has 0 aliphatic carbocycles. The van der Waals surface area contributed by atoms with Crippen LogP contribution in [-0.4, -0.2) is 29.9 Å². The van der Waals surface area contributed by atoms with Crippen LogP contribution in [0.25, 0.3) is 0 Å². The second-order valence-corrected chi connectivity index (χ2v) is 2.96. The summed E-state index contributed by atoms with van der Waals surface area (Å²) in [5, 5.41) is 0. The average molecular weight is 196 g/mol. The Morgan fingerprint density at radius 1 is 1.73 bits per heavy atom. The highest BCUT2D eigenvalue weighted by Crippen LogP contribution is 2.01. The lowest BCUT2D eigenvalue weighted by Crippen LogP contribution is -2.07. The van der Waals surface area contributed by atoms with E-state index in [1.165, 1.54) is 11.8 Å². The lowest BCUT2D eigenvalue weighted by molar-refractivity contribution is -0.141. The molecular formula is C6H10ClNO2S. The maximum absolute atomic E-state index is 10.7. The van der Waals surface area contributed by atoms with Gasteiger partial charge in [-0.1, -0.05) is 23.4 Å². The van der Waals surface area contributed by atoms with Gasteiger partial charge < -0.3 is 4.74 Å². The number of halogens is 1. The first-order valence-electron chi connectivity index (χ1n) is 3.10. The third-order valence-corrected chi connectivity index (χ3v) is 1.85. The van der Waals surface area contributed by atoms with Crippen LogP contribution in [0.3, 0.4) is 0 Å². The van der Waals surface area contributed by atoms with Crippen molar-refractivity contribution >= 4 is 33.8 Å². The molecule has 0 saturated heterocycles. The van der Waals surface area contributed by atoms with Gasteiger partial charge in [-0.2, -0.15) is 0 Å². The number of carbonyl (C=O) groups is 1. The number of rotatable bonds is 3. The molecule has 5 heteroatoms. The lowest BCUT2D eigenvalue weighted by Gasteiger charge is -1.96. The van der Waals surface area contributed by atoms with Crippen LogP contribution < -0.4 is 0 Å². The molecule has 0 unspecified atom stereocenters. The molecule has 0 fully saturated rings. The van der Waals surface area contributed by atoms with Crippen LogP contribution in [0.15, 0.2) is 4.99 Å². The molecule has 0 spiro atoms. The fraction of sp³-hybridized carbons (Fsp3) is 0.667. The van der Waals surface area contributed by atoms with Crippen LogP contribution >= 0.6 is 23.4 Å². The second-order valence-electron chi connectivity index (χ2n) is 1.58. The second kappa shape index (κ2) is 6.49. The van der Waals surface area contributed by atoms with E-state index < -0.39 is 0 Å². The van der Waals surface area contributed by atoms with Gasteiger partial charge in [0.2, 0.25) is 0 Å². The van der Waals surface area contributed by atoms with E-state index >= 15 is 0 Å². The van der Waals surface area contributed by atoms with Gasteiger partial charge >= 0.3 is 5.97 Å².